The van der Waals surface area contributed by atoms with Gasteiger partial charge in [0.25, 0.3) is 0 Å². The van der Waals surface area contributed by atoms with Crippen molar-refractivity contribution >= 4 is 5.91 Å². The predicted octanol–water partition coefficient (Wildman–Crippen LogP) is 3.52. The number of rotatable bonds is 3. The van der Waals surface area contributed by atoms with Crippen LogP contribution in [0.15, 0.2) is 30.5 Å². The summed E-state index contributed by atoms with van der Waals surface area (Å²) in [5.74, 6) is 0.779. The lowest BCUT2D eigenvalue weighted by atomic mass is 9.89. The largest absolute Gasteiger partial charge is 0.381 e. The van der Waals surface area contributed by atoms with Gasteiger partial charge in [-0.25, -0.2) is 0 Å². The number of nitrogens with one attached hydrogen (secondary N) is 1. The highest BCUT2D eigenvalue weighted by molar-refractivity contribution is 5.79. The average molecular weight is 353 g/mol. The van der Waals surface area contributed by atoms with E-state index in [0.717, 1.165) is 44.3 Å². The summed E-state index contributed by atoms with van der Waals surface area (Å²) in [5, 5.41) is 7.53. The highest BCUT2D eigenvalue weighted by atomic mass is 16.5. The molecule has 0 radical (unpaired) electrons. The third-order valence-electron chi connectivity index (χ3n) is 5.74. The molecule has 138 valence electrons. The Labute approximate surface area is 154 Å². The molecule has 2 aliphatic heterocycles. The number of hydrogen-bond donors (Lipinski definition) is 1. The lowest BCUT2D eigenvalue weighted by Gasteiger charge is -2.35. The number of carbonyl (C=O) groups is 1. The van der Waals surface area contributed by atoms with Gasteiger partial charge in [-0.15, -0.1) is 0 Å². The number of aromatic amines is 1. The number of hydrogen-bond acceptors (Lipinski definition) is 3. The standard InChI is InChI=1S/C21H27N3O2/c1-15-4-6-16(7-5-15)19-13-22-23-20(19)18-3-2-10-24(14-18)21(25)17-8-11-26-12-9-17/h4-7,13,17-18H,2-3,8-12,14H2,1H3,(H,22,23)/t18-/m1/s1. The van der Waals surface area contributed by atoms with Crippen LogP contribution in [0.3, 0.4) is 0 Å². The van der Waals surface area contributed by atoms with Gasteiger partial charge in [0, 0.05) is 49.4 Å². The van der Waals surface area contributed by atoms with Crippen molar-refractivity contribution in [3.05, 3.63) is 41.7 Å². The van der Waals surface area contributed by atoms with Crippen LogP contribution in [0.25, 0.3) is 11.1 Å². The highest BCUT2D eigenvalue weighted by Crippen LogP contribution is 2.34. The molecule has 1 atom stereocenters. The summed E-state index contributed by atoms with van der Waals surface area (Å²) in [7, 11) is 0. The van der Waals surface area contributed by atoms with Crippen LogP contribution >= 0.6 is 0 Å². The van der Waals surface area contributed by atoms with Crippen LogP contribution in [0.1, 0.15) is 42.9 Å². The molecule has 0 unspecified atom stereocenters. The molecule has 2 fully saturated rings. The molecule has 0 saturated carbocycles. The number of amides is 1. The van der Waals surface area contributed by atoms with Crippen molar-refractivity contribution in [1.82, 2.24) is 15.1 Å². The van der Waals surface area contributed by atoms with Crippen molar-refractivity contribution in [2.24, 2.45) is 5.92 Å². The quantitative estimate of drug-likeness (QED) is 0.918. The molecule has 26 heavy (non-hydrogen) atoms. The number of H-pyrrole nitrogens is 1. The Bertz CT molecular complexity index is 747. The van der Waals surface area contributed by atoms with Crippen LogP contribution in [-0.4, -0.2) is 47.3 Å². The highest BCUT2D eigenvalue weighted by Gasteiger charge is 2.31. The third kappa shape index (κ3) is 3.54. The number of aromatic nitrogens is 2. The zero-order valence-electron chi connectivity index (χ0n) is 15.4. The van der Waals surface area contributed by atoms with Crippen LogP contribution < -0.4 is 0 Å². The topological polar surface area (TPSA) is 58.2 Å². The van der Waals surface area contributed by atoms with E-state index in [-0.39, 0.29) is 5.92 Å². The Morgan fingerprint density at radius 3 is 2.73 bits per heavy atom. The van der Waals surface area contributed by atoms with Gasteiger partial charge in [-0.2, -0.15) is 5.10 Å². The molecule has 0 aliphatic carbocycles. The van der Waals surface area contributed by atoms with E-state index < -0.39 is 0 Å². The van der Waals surface area contributed by atoms with Crippen molar-refractivity contribution in [3.8, 4) is 11.1 Å². The molecule has 0 spiro atoms. The molecule has 5 heteroatoms. The van der Waals surface area contributed by atoms with Crippen LogP contribution in [-0.2, 0) is 9.53 Å². The third-order valence-corrected chi connectivity index (χ3v) is 5.74. The van der Waals surface area contributed by atoms with Gasteiger partial charge in [-0.3, -0.25) is 9.89 Å². The molecule has 2 aliphatic rings. The zero-order chi connectivity index (χ0) is 17.9. The molecule has 4 rings (SSSR count). The van der Waals surface area contributed by atoms with E-state index in [4.69, 9.17) is 4.74 Å². The molecule has 5 nitrogen and oxygen atoms in total. The molecule has 1 aromatic heterocycles. The predicted molar refractivity (Wildman–Crippen MR) is 101 cm³/mol. The van der Waals surface area contributed by atoms with Crippen molar-refractivity contribution in [3.63, 3.8) is 0 Å². The minimum absolute atomic E-state index is 0.140. The Morgan fingerprint density at radius 2 is 1.96 bits per heavy atom. The summed E-state index contributed by atoms with van der Waals surface area (Å²) < 4.78 is 5.41. The maximum absolute atomic E-state index is 12.9. The van der Waals surface area contributed by atoms with Gasteiger partial charge in [0.2, 0.25) is 5.91 Å². The molecule has 3 heterocycles. The molecule has 2 saturated heterocycles. The maximum Gasteiger partial charge on any atom is 0.225 e. The van der Waals surface area contributed by atoms with Crippen molar-refractivity contribution in [1.29, 1.82) is 0 Å². The van der Waals surface area contributed by atoms with E-state index in [0.29, 0.717) is 25.0 Å². The van der Waals surface area contributed by atoms with Gasteiger partial charge in [0.1, 0.15) is 0 Å². The number of benzene rings is 1. The van der Waals surface area contributed by atoms with Crippen molar-refractivity contribution in [2.45, 2.75) is 38.5 Å². The molecule has 0 bridgehead atoms. The fourth-order valence-corrected chi connectivity index (χ4v) is 4.19. The summed E-state index contributed by atoms with van der Waals surface area (Å²) in [6.07, 6.45) is 5.78. The Kier molecular flexibility index (Phi) is 5.07. The van der Waals surface area contributed by atoms with Crippen LogP contribution in [0.2, 0.25) is 0 Å². The van der Waals surface area contributed by atoms with E-state index in [9.17, 15) is 4.79 Å². The SMILES string of the molecule is Cc1ccc(-c2cn[nH]c2[C@@H]2CCCN(C(=O)C3CCOCC3)C2)cc1. The summed E-state index contributed by atoms with van der Waals surface area (Å²) in [4.78, 5) is 15.0. The second-order valence-electron chi connectivity index (χ2n) is 7.57. The summed E-state index contributed by atoms with van der Waals surface area (Å²) in [6.45, 7) is 5.19. The van der Waals surface area contributed by atoms with E-state index in [1.54, 1.807) is 0 Å². The van der Waals surface area contributed by atoms with E-state index in [2.05, 4.69) is 46.3 Å². The number of carbonyl (C=O) groups excluding carboxylic acids is 1. The number of aryl methyl sites for hydroxylation is 1. The Morgan fingerprint density at radius 1 is 1.19 bits per heavy atom. The monoisotopic (exact) mass is 353 g/mol. The second-order valence-corrected chi connectivity index (χ2v) is 7.57. The molecule has 1 N–H and O–H groups in total. The smallest absolute Gasteiger partial charge is 0.225 e. The number of piperidine rings is 1. The lowest BCUT2D eigenvalue weighted by Crippen LogP contribution is -2.43. The van der Waals surface area contributed by atoms with E-state index in [1.807, 2.05) is 6.20 Å². The van der Waals surface area contributed by atoms with Gasteiger partial charge >= 0.3 is 0 Å². The summed E-state index contributed by atoms with van der Waals surface area (Å²) >= 11 is 0. The molecular formula is C21H27N3O2. The lowest BCUT2D eigenvalue weighted by molar-refractivity contribution is -0.139. The fourth-order valence-electron chi connectivity index (χ4n) is 4.19. The first kappa shape index (κ1) is 17.3. The average Bonchev–Trinajstić information content (AvgIpc) is 3.19. The van der Waals surface area contributed by atoms with Crippen LogP contribution in [0, 0.1) is 12.8 Å². The van der Waals surface area contributed by atoms with E-state index >= 15 is 0 Å². The Hall–Kier alpha value is -2.14. The molecule has 2 aromatic rings. The minimum atomic E-state index is 0.140. The van der Waals surface area contributed by atoms with E-state index in [1.165, 1.54) is 16.8 Å². The first-order valence-corrected chi connectivity index (χ1v) is 9.69. The minimum Gasteiger partial charge on any atom is -0.381 e. The van der Waals surface area contributed by atoms with Gasteiger partial charge in [0.05, 0.1) is 6.20 Å². The molecule has 1 aromatic carbocycles. The van der Waals surface area contributed by atoms with Gasteiger partial charge in [-0.05, 0) is 38.2 Å². The normalized spacial score (nSPS) is 21.7. The second kappa shape index (κ2) is 7.62. The summed E-state index contributed by atoms with van der Waals surface area (Å²) in [6, 6.07) is 8.57. The number of nitrogens with zero attached hydrogens (tertiary/aromatic N) is 2. The first-order valence-electron chi connectivity index (χ1n) is 9.69. The van der Waals surface area contributed by atoms with Crippen molar-refractivity contribution < 1.29 is 9.53 Å². The summed E-state index contributed by atoms with van der Waals surface area (Å²) in [5.41, 5.74) is 4.77. The maximum atomic E-state index is 12.9. The molecule has 1 amide bonds. The van der Waals surface area contributed by atoms with Gasteiger partial charge in [0.15, 0.2) is 0 Å². The zero-order valence-corrected chi connectivity index (χ0v) is 15.4. The molecular weight excluding hydrogens is 326 g/mol. The van der Waals surface area contributed by atoms with Crippen molar-refractivity contribution in [2.75, 3.05) is 26.3 Å². The Balaban J connectivity index is 1.51. The number of likely N-dealkylation sites (tertiary alicyclic amines) is 1. The van der Waals surface area contributed by atoms with Gasteiger partial charge < -0.3 is 9.64 Å². The first-order chi connectivity index (χ1) is 12.7. The van der Waals surface area contributed by atoms with Crippen LogP contribution in [0.4, 0.5) is 0 Å². The fraction of sp³-hybridized carbons (Fsp3) is 0.524. The number of ether oxygens (including phenoxy) is 1. The van der Waals surface area contributed by atoms with Crippen LogP contribution in [0.5, 0.6) is 0 Å². The van der Waals surface area contributed by atoms with Gasteiger partial charge in [-0.1, -0.05) is 29.8 Å².